The van der Waals surface area contributed by atoms with Crippen LogP contribution in [0.15, 0.2) is 46.5 Å². The van der Waals surface area contributed by atoms with Gasteiger partial charge in [-0.1, -0.05) is 12.1 Å². The number of aromatic nitrogens is 3. The van der Waals surface area contributed by atoms with Crippen LogP contribution in [0.1, 0.15) is 12.5 Å². The van der Waals surface area contributed by atoms with Crippen LogP contribution in [-0.2, 0) is 11.3 Å². The summed E-state index contributed by atoms with van der Waals surface area (Å²) in [6.07, 6.45) is 1.53. The highest BCUT2D eigenvalue weighted by Crippen LogP contribution is 2.36. The summed E-state index contributed by atoms with van der Waals surface area (Å²) in [6, 6.07) is 10.7. The van der Waals surface area contributed by atoms with Crippen LogP contribution < -0.4 is 18.9 Å². The molecule has 10 heteroatoms. The Hall–Kier alpha value is -3.66. The molecule has 1 N–H and O–H groups in total. The molecule has 3 rings (SSSR count). The molecule has 0 spiro atoms. The summed E-state index contributed by atoms with van der Waals surface area (Å²) >= 11 is 1.00. The van der Waals surface area contributed by atoms with Crippen molar-refractivity contribution >= 4 is 23.8 Å². The molecule has 0 fully saturated rings. The number of carboxylic acids is 1. The van der Waals surface area contributed by atoms with Gasteiger partial charge in [-0.25, -0.2) is 4.79 Å². The fourth-order valence-electron chi connectivity index (χ4n) is 3.20. The van der Waals surface area contributed by atoms with Crippen molar-refractivity contribution in [2.45, 2.75) is 18.6 Å². The SMILES string of the molecule is CCn1c(S/C(=C\c2cccc(OC)c2OC)C(=O)O)nnc1-c1cc(OC)cc(OC)c1. The highest BCUT2D eigenvalue weighted by Gasteiger charge is 2.20. The lowest BCUT2D eigenvalue weighted by molar-refractivity contribution is -0.131. The van der Waals surface area contributed by atoms with E-state index in [1.807, 2.05) is 23.6 Å². The van der Waals surface area contributed by atoms with Crippen LogP contribution in [0.25, 0.3) is 17.5 Å². The van der Waals surface area contributed by atoms with Crippen molar-refractivity contribution in [2.24, 2.45) is 0 Å². The van der Waals surface area contributed by atoms with E-state index in [1.165, 1.54) is 20.3 Å². The third-order valence-electron chi connectivity index (χ3n) is 4.77. The molecule has 3 aromatic rings. The number of nitrogens with zero attached hydrogens (tertiary/aromatic N) is 3. The molecular formula is C23H25N3O6S. The zero-order valence-corrected chi connectivity index (χ0v) is 19.8. The largest absolute Gasteiger partial charge is 0.497 e. The van der Waals surface area contributed by atoms with Gasteiger partial charge in [-0.05, 0) is 43.0 Å². The van der Waals surface area contributed by atoms with Crippen molar-refractivity contribution in [1.82, 2.24) is 14.8 Å². The summed E-state index contributed by atoms with van der Waals surface area (Å²) < 4.78 is 23.3. The van der Waals surface area contributed by atoms with Gasteiger partial charge in [0, 0.05) is 23.7 Å². The number of hydrogen-bond acceptors (Lipinski definition) is 8. The Labute approximate surface area is 196 Å². The first-order chi connectivity index (χ1) is 15.9. The van der Waals surface area contributed by atoms with Gasteiger partial charge in [0.2, 0.25) is 0 Å². The molecule has 0 amide bonds. The number of carboxylic acid groups (broad SMARTS) is 1. The van der Waals surface area contributed by atoms with Crippen LogP contribution in [0.2, 0.25) is 0 Å². The number of ether oxygens (including phenoxy) is 4. The van der Waals surface area contributed by atoms with E-state index in [0.29, 0.717) is 46.1 Å². The van der Waals surface area contributed by atoms with Crippen LogP contribution in [-0.4, -0.2) is 54.3 Å². The number of hydrogen-bond donors (Lipinski definition) is 1. The van der Waals surface area contributed by atoms with Gasteiger partial charge in [-0.2, -0.15) is 0 Å². The Morgan fingerprint density at radius 2 is 1.73 bits per heavy atom. The van der Waals surface area contributed by atoms with Crippen molar-refractivity contribution in [3.8, 4) is 34.4 Å². The zero-order chi connectivity index (χ0) is 24.0. The highest BCUT2D eigenvalue weighted by molar-refractivity contribution is 8.04. The summed E-state index contributed by atoms with van der Waals surface area (Å²) in [6.45, 7) is 2.46. The van der Waals surface area contributed by atoms with Crippen molar-refractivity contribution in [2.75, 3.05) is 28.4 Å². The van der Waals surface area contributed by atoms with E-state index in [9.17, 15) is 9.90 Å². The molecule has 0 saturated heterocycles. The van der Waals surface area contributed by atoms with Gasteiger partial charge in [-0.3, -0.25) is 0 Å². The molecule has 0 saturated carbocycles. The number of thioether (sulfide) groups is 1. The number of methoxy groups -OCH3 is 4. The summed E-state index contributed by atoms with van der Waals surface area (Å²) in [5.74, 6) is 1.65. The maximum Gasteiger partial charge on any atom is 0.342 e. The molecule has 0 atom stereocenters. The Bertz CT molecular complexity index is 1150. The average molecular weight is 472 g/mol. The molecule has 0 bridgehead atoms. The summed E-state index contributed by atoms with van der Waals surface area (Å²) in [4.78, 5) is 12.1. The molecule has 9 nitrogen and oxygen atoms in total. The fourth-order valence-corrected chi connectivity index (χ4v) is 4.08. The van der Waals surface area contributed by atoms with Crippen LogP contribution in [0.3, 0.4) is 0 Å². The quantitative estimate of drug-likeness (QED) is 0.344. The maximum absolute atomic E-state index is 12.1. The molecule has 0 radical (unpaired) electrons. The van der Waals surface area contributed by atoms with E-state index in [4.69, 9.17) is 18.9 Å². The molecule has 2 aromatic carbocycles. The van der Waals surface area contributed by atoms with E-state index < -0.39 is 5.97 Å². The number of rotatable bonds is 10. The van der Waals surface area contributed by atoms with E-state index >= 15 is 0 Å². The van der Waals surface area contributed by atoms with Crippen molar-refractivity contribution in [1.29, 1.82) is 0 Å². The standard InChI is InChI=1S/C23H25N3O6S/c1-6-26-21(15-10-16(29-2)13-17(11-15)30-3)24-25-23(26)33-19(22(27)28)12-14-8-7-9-18(31-4)20(14)32-5/h7-13H,6H2,1-5H3,(H,27,28)/b19-12-. The summed E-state index contributed by atoms with van der Waals surface area (Å²) in [5.41, 5.74) is 1.31. The predicted octanol–water partition coefficient (Wildman–Crippen LogP) is 4.22. The number of para-hydroxylation sites is 1. The minimum Gasteiger partial charge on any atom is -0.497 e. The third kappa shape index (κ3) is 5.23. The number of carbonyl (C=O) groups is 1. The van der Waals surface area contributed by atoms with E-state index in [2.05, 4.69) is 10.2 Å². The molecule has 33 heavy (non-hydrogen) atoms. The van der Waals surface area contributed by atoms with E-state index in [-0.39, 0.29) is 4.91 Å². The second-order valence-electron chi connectivity index (χ2n) is 6.65. The monoisotopic (exact) mass is 471 g/mol. The second kappa shape index (κ2) is 10.8. The lowest BCUT2D eigenvalue weighted by Crippen LogP contribution is -2.03. The number of benzene rings is 2. The van der Waals surface area contributed by atoms with Crippen molar-refractivity contribution in [3.05, 3.63) is 46.9 Å². The van der Waals surface area contributed by atoms with Gasteiger partial charge >= 0.3 is 5.97 Å². The van der Waals surface area contributed by atoms with Crippen molar-refractivity contribution in [3.63, 3.8) is 0 Å². The maximum atomic E-state index is 12.1. The Kier molecular flexibility index (Phi) is 7.83. The first-order valence-electron chi connectivity index (χ1n) is 9.96. The van der Waals surface area contributed by atoms with Crippen LogP contribution in [0.4, 0.5) is 0 Å². The Balaban J connectivity index is 2.03. The lowest BCUT2D eigenvalue weighted by atomic mass is 10.1. The van der Waals surface area contributed by atoms with Crippen LogP contribution in [0, 0.1) is 0 Å². The molecule has 0 unspecified atom stereocenters. The van der Waals surface area contributed by atoms with Crippen LogP contribution >= 0.6 is 11.8 Å². The predicted molar refractivity (Wildman–Crippen MR) is 125 cm³/mol. The Morgan fingerprint density at radius 3 is 2.27 bits per heavy atom. The van der Waals surface area contributed by atoms with Crippen LogP contribution in [0.5, 0.6) is 23.0 Å². The van der Waals surface area contributed by atoms with Gasteiger partial charge in [0.25, 0.3) is 0 Å². The normalized spacial score (nSPS) is 11.2. The topological polar surface area (TPSA) is 105 Å². The van der Waals surface area contributed by atoms with Gasteiger partial charge in [0.05, 0.1) is 28.4 Å². The Morgan fingerprint density at radius 1 is 1.03 bits per heavy atom. The minimum absolute atomic E-state index is 0.0541. The highest BCUT2D eigenvalue weighted by atomic mass is 32.2. The lowest BCUT2D eigenvalue weighted by Gasteiger charge is -2.12. The van der Waals surface area contributed by atoms with Gasteiger partial charge in [0.15, 0.2) is 22.5 Å². The second-order valence-corrected chi connectivity index (χ2v) is 7.66. The molecule has 1 aromatic heterocycles. The third-order valence-corrected chi connectivity index (χ3v) is 5.77. The van der Waals surface area contributed by atoms with E-state index in [0.717, 1.165) is 17.3 Å². The van der Waals surface area contributed by atoms with E-state index in [1.54, 1.807) is 38.5 Å². The van der Waals surface area contributed by atoms with Gasteiger partial charge in [-0.15, -0.1) is 10.2 Å². The van der Waals surface area contributed by atoms with Gasteiger partial charge in [0.1, 0.15) is 16.4 Å². The smallest absolute Gasteiger partial charge is 0.342 e. The molecule has 0 aliphatic rings. The first kappa shape index (κ1) is 24.0. The first-order valence-corrected chi connectivity index (χ1v) is 10.8. The van der Waals surface area contributed by atoms with Crippen molar-refractivity contribution < 1.29 is 28.8 Å². The molecule has 0 aliphatic heterocycles. The molecule has 0 aliphatic carbocycles. The minimum atomic E-state index is -1.10. The molecule has 1 heterocycles. The molecular weight excluding hydrogens is 446 g/mol. The zero-order valence-electron chi connectivity index (χ0n) is 19.0. The summed E-state index contributed by atoms with van der Waals surface area (Å²) in [5, 5.41) is 18.8. The number of aliphatic carboxylic acids is 1. The molecule has 174 valence electrons. The average Bonchev–Trinajstić information content (AvgIpc) is 3.25. The van der Waals surface area contributed by atoms with Gasteiger partial charge < -0.3 is 28.6 Å². The summed E-state index contributed by atoms with van der Waals surface area (Å²) in [7, 11) is 6.17. The fraction of sp³-hybridized carbons (Fsp3) is 0.261.